The smallest absolute Gasteiger partial charge is 0.273 e. The van der Waals surface area contributed by atoms with E-state index in [1.807, 2.05) is 0 Å². The Balaban J connectivity index is 1.50. The maximum atomic E-state index is 13.5. The molecule has 0 aliphatic carbocycles. The lowest BCUT2D eigenvalue weighted by Crippen LogP contribution is -2.27. The lowest BCUT2D eigenvalue weighted by atomic mass is 10.0. The van der Waals surface area contributed by atoms with Crippen molar-refractivity contribution in [3.05, 3.63) is 67.5 Å². The molecule has 0 radical (unpaired) electrons. The third-order valence-corrected chi connectivity index (χ3v) is 5.80. The number of rotatable bonds is 8. The zero-order valence-electron chi connectivity index (χ0n) is 16.3. The molecular formula is C20H23FN4O3S. The molecule has 0 spiro atoms. The highest BCUT2D eigenvalue weighted by atomic mass is 32.2. The second kappa shape index (κ2) is 9.13. The number of aryl methyl sites for hydroxylation is 2. The van der Waals surface area contributed by atoms with Crippen LogP contribution in [0.2, 0.25) is 0 Å². The van der Waals surface area contributed by atoms with Crippen LogP contribution in [0.5, 0.6) is 0 Å². The van der Waals surface area contributed by atoms with E-state index in [4.69, 9.17) is 0 Å². The summed E-state index contributed by atoms with van der Waals surface area (Å²) in [6.07, 6.45) is 0.401. The third kappa shape index (κ3) is 4.79. The average molecular weight is 418 g/mol. The summed E-state index contributed by atoms with van der Waals surface area (Å²) in [4.78, 5) is 39.2. The van der Waals surface area contributed by atoms with Crippen LogP contribution in [0.25, 0.3) is 11.0 Å². The highest BCUT2D eigenvalue weighted by Crippen LogP contribution is 2.15. The van der Waals surface area contributed by atoms with Crippen LogP contribution in [-0.4, -0.2) is 33.0 Å². The summed E-state index contributed by atoms with van der Waals surface area (Å²) in [6.45, 7) is 2.18. The van der Waals surface area contributed by atoms with E-state index in [1.54, 1.807) is 32.2 Å². The lowest BCUT2D eigenvalue weighted by molar-refractivity contribution is -0.120. The number of amides is 1. The van der Waals surface area contributed by atoms with Crippen molar-refractivity contribution < 1.29 is 9.18 Å². The lowest BCUT2D eigenvalue weighted by Gasteiger charge is -2.08. The molecule has 0 unspecified atom stereocenters. The Morgan fingerprint density at radius 3 is 2.76 bits per heavy atom. The summed E-state index contributed by atoms with van der Waals surface area (Å²) in [7, 11) is 1.65. The summed E-state index contributed by atoms with van der Waals surface area (Å²) in [6, 6.07) is 6.63. The number of halogens is 1. The minimum absolute atomic E-state index is 0.151. The van der Waals surface area contributed by atoms with Gasteiger partial charge in [0, 0.05) is 37.1 Å². The van der Waals surface area contributed by atoms with Gasteiger partial charge in [-0.25, -0.2) is 4.39 Å². The minimum atomic E-state index is -0.294. The van der Waals surface area contributed by atoms with Gasteiger partial charge in [0.15, 0.2) is 0 Å². The molecule has 29 heavy (non-hydrogen) atoms. The Labute approximate surface area is 170 Å². The van der Waals surface area contributed by atoms with E-state index in [0.29, 0.717) is 45.8 Å². The van der Waals surface area contributed by atoms with Crippen LogP contribution < -0.4 is 16.4 Å². The zero-order chi connectivity index (χ0) is 21.0. The largest absolute Gasteiger partial charge is 0.355 e. The van der Waals surface area contributed by atoms with E-state index in [2.05, 4.69) is 15.4 Å². The maximum Gasteiger partial charge on any atom is 0.273 e. The van der Waals surface area contributed by atoms with Gasteiger partial charge in [-0.1, -0.05) is 18.2 Å². The van der Waals surface area contributed by atoms with Crippen LogP contribution in [0, 0.1) is 12.7 Å². The molecule has 0 atom stereocenters. The molecule has 2 heterocycles. The Kier molecular flexibility index (Phi) is 6.58. The second-order valence-corrected chi connectivity index (χ2v) is 7.88. The van der Waals surface area contributed by atoms with E-state index >= 15 is 0 Å². The predicted molar refractivity (Wildman–Crippen MR) is 113 cm³/mol. The van der Waals surface area contributed by atoms with Gasteiger partial charge in [-0.2, -0.15) is 11.8 Å². The molecule has 3 aromatic rings. The van der Waals surface area contributed by atoms with Crippen LogP contribution in [0.4, 0.5) is 4.39 Å². The number of carbonyl (C=O) groups is 1. The van der Waals surface area contributed by atoms with Crippen molar-refractivity contribution in [3.8, 4) is 0 Å². The number of aromatic nitrogens is 3. The molecule has 3 N–H and O–H groups in total. The first-order valence-corrected chi connectivity index (χ1v) is 10.4. The number of nitrogens with zero attached hydrogens (tertiary/aromatic N) is 1. The zero-order valence-corrected chi connectivity index (χ0v) is 17.1. The first-order valence-electron chi connectivity index (χ1n) is 9.26. The van der Waals surface area contributed by atoms with Gasteiger partial charge in [-0.15, -0.1) is 0 Å². The van der Waals surface area contributed by atoms with Crippen LogP contribution in [-0.2, 0) is 24.0 Å². The molecule has 2 aromatic heterocycles. The predicted octanol–water partition coefficient (Wildman–Crippen LogP) is 1.98. The molecule has 9 heteroatoms. The van der Waals surface area contributed by atoms with Crippen molar-refractivity contribution in [2.75, 3.05) is 12.3 Å². The Hall–Kier alpha value is -2.81. The van der Waals surface area contributed by atoms with Gasteiger partial charge in [0.05, 0.1) is 5.39 Å². The van der Waals surface area contributed by atoms with Crippen molar-refractivity contribution in [1.82, 2.24) is 20.1 Å². The molecule has 0 bridgehead atoms. The fourth-order valence-corrected chi connectivity index (χ4v) is 4.07. The standard InChI is InChI=1S/C20H23FN4O3S/c1-12-14(19(27)23-18-17(12)20(28)24-25(18)2)7-8-16(26)22-9-10-29-11-13-5-3-4-6-15(13)21/h3-6H,7-11H2,1-2H3,(H,22,26)(H,23,27)(H,24,28). The summed E-state index contributed by atoms with van der Waals surface area (Å²) >= 11 is 1.54. The van der Waals surface area contributed by atoms with E-state index in [0.717, 1.165) is 0 Å². The van der Waals surface area contributed by atoms with Crippen molar-refractivity contribution in [1.29, 1.82) is 0 Å². The molecule has 0 saturated carbocycles. The normalized spacial score (nSPS) is 11.1. The van der Waals surface area contributed by atoms with Gasteiger partial charge in [0.25, 0.3) is 11.1 Å². The van der Waals surface area contributed by atoms with Crippen molar-refractivity contribution in [2.45, 2.75) is 25.5 Å². The quantitative estimate of drug-likeness (QED) is 0.487. The van der Waals surface area contributed by atoms with Crippen LogP contribution in [0.15, 0.2) is 33.9 Å². The fourth-order valence-electron chi connectivity index (χ4n) is 3.23. The monoisotopic (exact) mass is 418 g/mol. The first kappa shape index (κ1) is 20.9. The number of carbonyl (C=O) groups excluding carboxylic acids is 1. The molecule has 3 rings (SSSR count). The van der Waals surface area contributed by atoms with Gasteiger partial charge in [0.2, 0.25) is 5.91 Å². The SMILES string of the molecule is Cc1c(CCC(=O)NCCSCc2ccccc2F)c(=O)[nH]c2c1c(=O)[nH]n2C. The Bertz CT molecular complexity index is 1150. The number of benzene rings is 1. The number of aromatic amines is 2. The topological polar surface area (TPSA) is 99.8 Å². The number of thioether (sulfide) groups is 1. The van der Waals surface area contributed by atoms with Crippen LogP contribution in [0.3, 0.4) is 0 Å². The average Bonchev–Trinajstić information content (AvgIpc) is 2.96. The molecule has 1 aromatic carbocycles. The number of H-pyrrole nitrogens is 2. The number of hydrogen-bond acceptors (Lipinski definition) is 4. The minimum Gasteiger partial charge on any atom is -0.355 e. The molecule has 1 amide bonds. The van der Waals surface area contributed by atoms with E-state index in [-0.39, 0.29) is 35.7 Å². The van der Waals surface area contributed by atoms with E-state index in [1.165, 1.54) is 22.5 Å². The van der Waals surface area contributed by atoms with E-state index in [9.17, 15) is 18.8 Å². The highest BCUT2D eigenvalue weighted by Gasteiger charge is 2.15. The molecule has 154 valence electrons. The molecule has 0 saturated heterocycles. The molecular weight excluding hydrogens is 395 g/mol. The van der Waals surface area contributed by atoms with Gasteiger partial charge in [0.1, 0.15) is 11.5 Å². The summed E-state index contributed by atoms with van der Waals surface area (Å²) in [5.41, 5.74) is 1.56. The highest BCUT2D eigenvalue weighted by molar-refractivity contribution is 7.98. The summed E-state index contributed by atoms with van der Waals surface area (Å²) in [5, 5.41) is 5.86. The molecule has 7 nitrogen and oxygen atoms in total. The number of fused-ring (bicyclic) bond motifs is 1. The van der Waals surface area contributed by atoms with Gasteiger partial charge >= 0.3 is 0 Å². The molecule has 0 aliphatic heterocycles. The molecule has 0 aliphatic rings. The summed E-state index contributed by atoms with van der Waals surface area (Å²) < 4.78 is 15.0. The van der Waals surface area contributed by atoms with Crippen LogP contribution in [0.1, 0.15) is 23.1 Å². The molecule has 0 fully saturated rings. The van der Waals surface area contributed by atoms with Crippen molar-refractivity contribution >= 4 is 28.7 Å². The van der Waals surface area contributed by atoms with Gasteiger partial charge in [-0.3, -0.25) is 24.2 Å². The van der Waals surface area contributed by atoms with Crippen LogP contribution >= 0.6 is 11.8 Å². The fraction of sp³-hybridized carbons (Fsp3) is 0.350. The van der Waals surface area contributed by atoms with Crippen molar-refractivity contribution in [2.24, 2.45) is 7.05 Å². The number of hydrogen-bond donors (Lipinski definition) is 3. The third-order valence-electron chi connectivity index (χ3n) is 4.79. The first-order chi connectivity index (χ1) is 13.9. The maximum absolute atomic E-state index is 13.5. The Morgan fingerprint density at radius 2 is 2.00 bits per heavy atom. The van der Waals surface area contributed by atoms with Crippen molar-refractivity contribution in [3.63, 3.8) is 0 Å². The second-order valence-electron chi connectivity index (χ2n) is 6.78. The number of nitrogens with one attached hydrogen (secondary N) is 3. The van der Waals surface area contributed by atoms with Gasteiger partial charge < -0.3 is 10.3 Å². The van der Waals surface area contributed by atoms with E-state index < -0.39 is 0 Å². The Morgan fingerprint density at radius 1 is 1.24 bits per heavy atom. The summed E-state index contributed by atoms with van der Waals surface area (Å²) in [5.74, 6) is 0.810. The van der Waals surface area contributed by atoms with Gasteiger partial charge in [-0.05, 0) is 30.5 Å². The number of pyridine rings is 1.